The molecule has 0 saturated heterocycles. The van der Waals surface area contributed by atoms with E-state index in [1.54, 1.807) is 6.07 Å². The maximum absolute atomic E-state index is 12.3. The fraction of sp³-hybridized carbons (Fsp3) is 0.222. The third kappa shape index (κ3) is 3.55. The highest BCUT2D eigenvalue weighted by Gasteiger charge is 2.27. The van der Waals surface area contributed by atoms with Crippen LogP contribution in [0, 0.1) is 5.92 Å². The van der Waals surface area contributed by atoms with Crippen LogP contribution in [0.1, 0.15) is 11.3 Å². The molecule has 25 heavy (non-hydrogen) atoms. The second kappa shape index (κ2) is 6.90. The van der Waals surface area contributed by atoms with Crippen LogP contribution in [0.25, 0.3) is 10.8 Å². The lowest BCUT2D eigenvalue weighted by atomic mass is 9.97. The summed E-state index contributed by atoms with van der Waals surface area (Å²) in [6, 6.07) is 9.27. The minimum atomic E-state index is -0.352. The van der Waals surface area contributed by atoms with Crippen molar-refractivity contribution in [2.45, 2.75) is 13.0 Å². The van der Waals surface area contributed by atoms with Crippen LogP contribution in [0.4, 0.5) is 0 Å². The second-order valence-corrected chi connectivity index (χ2v) is 7.08. The monoisotopic (exact) mass is 375 g/mol. The van der Waals surface area contributed by atoms with Gasteiger partial charge in [-0.05, 0) is 41.6 Å². The van der Waals surface area contributed by atoms with Crippen molar-refractivity contribution in [3.8, 4) is 16.5 Å². The first-order chi connectivity index (χ1) is 12.2. The number of benzene rings is 1. The van der Waals surface area contributed by atoms with Crippen LogP contribution in [-0.4, -0.2) is 17.6 Å². The molecule has 1 aliphatic heterocycles. The topological polar surface area (TPSA) is 61.6 Å². The Hall–Kier alpha value is -2.31. The Kier molecular flexibility index (Phi) is 4.46. The molecule has 3 aromatic rings. The number of thiophene rings is 1. The SMILES string of the molecule is O=C(OCc1coc(-c2cccs2)n1)[C@@H]1COc2ccc(Cl)cc2C1. The molecular weight excluding hydrogens is 362 g/mol. The quantitative estimate of drug-likeness (QED) is 0.634. The summed E-state index contributed by atoms with van der Waals surface area (Å²) >= 11 is 7.54. The molecule has 1 atom stereocenters. The van der Waals surface area contributed by atoms with Crippen molar-refractivity contribution >= 4 is 28.9 Å². The largest absolute Gasteiger partial charge is 0.492 e. The lowest BCUT2D eigenvalue weighted by molar-refractivity contribution is -0.151. The fourth-order valence-corrected chi connectivity index (χ4v) is 3.51. The predicted molar refractivity (Wildman–Crippen MR) is 93.8 cm³/mol. The van der Waals surface area contributed by atoms with Gasteiger partial charge in [0.15, 0.2) is 0 Å². The molecule has 0 unspecified atom stereocenters. The molecule has 0 radical (unpaired) electrons. The summed E-state index contributed by atoms with van der Waals surface area (Å²) in [4.78, 5) is 17.6. The van der Waals surface area contributed by atoms with Crippen LogP contribution < -0.4 is 4.74 Å². The number of fused-ring (bicyclic) bond motifs is 1. The molecule has 5 nitrogen and oxygen atoms in total. The second-order valence-electron chi connectivity index (χ2n) is 5.69. The molecule has 2 aromatic heterocycles. The molecule has 7 heteroatoms. The van der Waals surface area contributed by atoms with Crippen LogP contribution in [-0.2, 0) is 22.6 Å². The van der Waals surface area contributed by atoms with Crippen molar-refractivity contribution in [2.75, 3.05) is 6.61 Å². The smallest absolute Gasteiger partial charge is 0.313 e. The molecule has 0 spiro atoms. The van der Waals surface area contributed by atoms with E-state index in [4.69, 9.17) is 25.5 Å². The van der Waals surface area contributed by atoms with E-state index in [-0.39, 0.29) is 18.5 Å². The molecule has 4 rings (SSSR count). The summed E-state index contributed by atoms with van der Waals surface area (Å²) in [5.74, 6) is 0.636. The van der Waals surface area contributed by atoms with E-state index >= 15 is 0 Å². The van der Waals surface area contributed by atoms with Gasteiger partial charge >= 0.3 is 5.97 Å². The van der Waals surface area contributed by atoms with E-state index in [0.717, 1.165) is 16.2 Å². The van der Waals surface area contributed by atoms with E-state index < -0.39 is 0 Å². The van der Waals surface area contributed by atoms with Crippen molar-refractivity contribution in [1.82, 2.24) is 4.98 Å². The zero-order valence-corrected chi connectivity index (χ0v) is 14.7. The van der Waals surface area contributed by atoms with Gasteiger partial charge in [0.1, 0.15) is 30.9 Å². The molecule has 0 aliphatic carbocycles. The number of nitrogens with zero attached hydrogens (tertiary/aromatic N) is 1. The molecule has 3 heterocycles. The normalized spacial score (nSPS) is 16.1. The van der Waals surface area contributed by atoms with Crippen LogP contribution in [0.2, 0.25) is 5.02 Å². The summed E-state index contributed by atoms with van der Waals surface area (Å²) in [7, 11) is 0. The van der Waals surface area contributed by atoms with Gasteiger partial charge in [0.2, 0.25) is 5.89 Å². The highest BCUT2D eigenvalue weighted by atomic mass is 35.5. The van der Waals surface area contributed by atoms with Gasteiger partial charge in [0.25, 0.3) is 0 Å². The standard InChI is InChI=1S/C18H14ClNO4S/c19-13-3-4-15-11(7-13)6-12(8-22-15)18(21)24-10-14-9-23-17(20-14)16-2-1-5-25-16/h1-5,7,9,12H,6,8,10H2/t12-/m0/s1. The Labute approximate surface area is 153 Å². The molecule has 128 valence electrons. The van der Waals surface area contributed by atoms with Crippen molar-refractivity contribution in [3.63, 3.8) is 0 Å². The van der Waals surface area contributed by atoms with Crippen LogP contribution in [0.15, 0.2) is 46.4 Å². The lowest BCUT2D eigenvalue weighted by Crippen LogP contribution is -2.29. The van der Waals surface area contributed by atoms with Gasteiger partial charge in [0, 0.05) is 5.02 Å². The first kappa shape index (κ1) is 16.2. The van der Waals surface area contributed by atoms with E-state index in [9.17, 15) is 4.79 Å². The number of oxazole rings is 1. The van der Waals surface area contributed by atoms with Gasteiger partial charge in [-0.2, -0.15) is 0 Å². The summed E-state index contributed by atoms with van der Waals surface area (Å²) < 4.78 is 16.4. The molecule has 0 fully saturated rings. The number of carbonyl (C=O) groups excluding carboxylic acids is 1. The fourth-order valence-electron chi connectivity index (χ4n) is 2.66. The number of hydrogen-bond donors (Lipinski definition) is 0. The average molecular weight is 376 g/mol. The van der Waals surface area contributed by atoms with Crippen molar-refractivity contribution in [2.24, 2.45) is 5.92 Å². The number of rotatable bonds is 4. The van der Waals surface area contributed by atoms with Crippen LogP contribution in [0.3, 0.4) is 0 Å². The number of carbonyl (C=O) groups is 1. The van der Waals surface area contributed by atoms with Crippen molar-refractivity contribution < 1.29 is 18.7 Å². The molecule has 0 N–H and O–H groups in total. The van der Waals surface area contributed by atoms with Gasteiger partial charge in [0.05, 0.1) is 10.8 Å². The van der Waals surface area contributed by atoms with Gasteiger partial charge in [-0.3, -0.25) is 4.79 Å². The Balaban J connectivity index is 1.37. The minimum Gasteiger partial charge on any atom is -0.492 e. The summed E-state index contributed by atoms with van der Waals surface area (Å²) in [5.41, 5.74) is 1.50. The van der Waals surface area contributed by atoms with E-state index in [1.165, 1.54) is 17.6 Å². The van der Waals surface area contributed by atoms with Crippen LogP contribution >= 0.6 is 22.9 Å². The Morgan fingerprint density at radius 2 is 2.32 bits per heavy atom. The maximum Gasteiger partial charge on any atom is 0.313 e. The van der Waals surface area contributed by atoms with Gasteiger partial charge < -0.3 is 13.9 Å². The zero-order valence-electron chi connectivity index (χ0n) is 13.1. The van der Waals surface area contributed by atoms with Crippen LogP contribution in [0.5, 0.6) is 5.75 Å². The number of esters is 1. The molecule has 0 bridgehead atoms. The summed E-state index contributed by atoms with van der Waals surface area (Å²) in [6.07, 6.45) is 2.06. The number of halogens is 1. The van der Waals surface area contributed by atoms with Gasteiger partial charge in [-0.15, -0.1) is 11.3 Å². The predicted octanol–water partition coefficient (Wildman–Crippen LogP) is 4.35. The first-order valence-corrected chi connectivity index (χ1v) is 9.01. The Bertz CT molecular complexity index is 890. The highest BCUT2D eigenvalue weighted by molar-refractivity contribution is 7.13. The molecule has 1 aromatic carbocycles. The first-order valence-electron chi connectivity index (χ1n) is 7.75. The van der Waals surface area contributed by atoms with E-state index in [0.29, 0.717) is 29.6 Å². The average Bonchev–Trinajstić information content (AvgIpc) is 3.30. The van der Waals surface area contributed by atoms with E-state index in [1.807, 2.05) is 29.6 Å². The number of aromatic nitrogens is 1. The molecular formula is C18H14ClNO4S. The Morgan fingerprint density at radius 1 is 1.40 bits per heavy atom. The molecule has 0 saturated carbocycles. The summed E-state index contributed by atoms with van der Waals surface area (Å²) in [5, 5.41) is 2.58. The number of ether oxygens (including phenoxy) is 2. The van der Waals surface area contributed by atoms with E-state index in [2.05, 4.69) is 4.98 Å². The third-order valence-electron chi connectivity index (χ3n) is 3.91. The van der Waals surface area contributed by atoms with Gasteiger partial charge in [-0.25, -0.2) is 4.98 Å². The Morgan fingerprint density at radius 3 is 3.16 bits per heavy atom. The summed E-state index contributed by atoms with van der Waals surface area (Å²) in [6.45, 7) is 0.374. The maximum atomic E-state index is 12.3. The lowest BCUT2D eigenvalue weighted by Gasteiger charge is -2.24. The van der Waals surface area contributed by atoms with Crippen molar-refractivity contribution in [1.29, 1.82) is 0 Å². The number of hydrogen-bond acceptors (Lipinski definition) is 6. The van der Waals surface area contributed by atoms with Gasteiger partial charge in [-0.1, -0.05) is 17.7 Å². The molecule has 0 amide bonds. The highest BCUT2D eigenvalue weighted by Crippen LogP contribution is 2.30. The third-order valence-corrected chi connectivity index (χ3v) is 5.00. The zero-order chi connectivity index (χ0) is 17.2. The molecule has 1 aliphatic rings. The minimum absolute atomic E-state index is 0.0760. The van der Waals surface area contributed by atoms with Crippen molar-refractivity contribution in [3.05, 3.63) is 58.3 Å².